The van der Waals surface area contributed by atoms with Gasteiger partial charge in [-0.15, -0.1) is 0 Å². The number of ketones is 1. The molecule has 2 rings (SSSR count). The van der Waals surface area contributed by atoms with E-state index in [1.165, 1.54) is 19.1 Å². The standard InChI is InChI=1S/C17H18FNO/c1-12(20)14-7-8-17(18)16(10-14)15-6-4-5-13(9-15)11-19(2)3/h4-10H,11H2,1-3H3. The number of hydrogen-bond donors (Lipinski definition) is 0. The molecule has 0 saturated carbocycles. The lowest BCUT2D eigenvalue weighted by Gasteiger charge is -2.11. The topological polar surface area (TPSA) is 20.3 Å². The second-order valence-corrected chi connectivity index (χ2v) is 5.19. The van der Waals surface area contributed by atoms with Crippen LogP contribution in [0.1, 0.15) is 22.8 Å². The van der Waals surface area contributed by atoms with E-state index >= 15 is 0 Å². The van der Waals surface area contributed by atoms with E-state index in [0.717, 1.165) is 17.7 Å². The third kappa shape index (κ3) is 3.31. The third-order valence-corrected chi connectivity index (χ3v) is 3.11. The number of carbonyl (C=O) groups is 1. The van der Waals surface area contributed by atoms with Gasteiger partial charge in [-0.3, -0.25) is 4.79 Å². The smallest absolute Gasteiger partial charge is 0.159 e. The molecule has 0 amide bonds. The molecule has 0 aliphatic carbocycles. The molecule has 0 aromatic heterocycles. The van der Waals surface area contributed by atoms with Crippen molar-refractivity contribution in [2.24, 2.45) is 0 Å². The summed E-state index contributed by atoms with van der Waals surface area (Å²) >= 11 is 0. The van der Waals surface area contributed by atoms with Crippen LogP contribution in [0.3, 0.4) is 0 Å². The second-order valence-electron chi connectivity index (χ2n) is 5.19. The zero-order valence-corrected chi connectivity index (χ0v) is 12.0. The Hall–Kier alpha value is -2.00. The van der Waals surface area contributed by atoms with Crippen LogP contribution in [-0.2, 0) is 6.54 Å². The fourth-order valence-corrected chi connectivity index (χ4v) is 2.17. The van der Waals surface area contributed by atoms with Gasteiger partial charge < -0.3 is 4.90 Å². The van der Waals surface area contributed by atoms with Gasteiger partial charge in [0.15, 0.2) is 5.78 Å². The Morgan fingerprint density at radius 2 is 1.90 bits per heavy atom. The SMILES string of the molecule is CC(=O)c1ccc(F)c(-c2cccc(CN(C)C)c2)c1. The van der Waals surface area contributed by atoms with E-state index in [9.17, 15) is 9.18 Å². The molecule has 3 heteroatoms. The Labute approximate surface area is 118 Å². The molecule has 0 saturated heterocycles. The van der Waals surface area contributed by atoms with Crippen molar-refractivity contribution in [2.45, 2.75) is 13.5 Å². The van der Waals surface area contributed by atoms with Crippen molar-refractivity contribution in [3.8, 4) is 11.1 Å². The Kier molecular flexibility index (Phi) is 4.30. The molecule has 2 aromatic rings. The number of rotatable bonds is 4. The molecule has 0 N–H and O–H groups in total. The van der Waals surface area contributed by atoms with Crippen LogP contribution in [0.2, 0.25) is 0 Å². The number of hydrogen-bond acceptors (Lipinski definition) is 2. The van der Waals surface area contributed by atoms with Crippen molar-refractivity contribution < 1.29 is 9.18 Å². The molecule has 0 aliphatic rings. The van der Waals surface area contributed by atoms with Crippen molar-refractivity contribution in [2.75, 3.05) is 14.1 Å². The highest BCUT2D eigenvalue weighted by atomic mass is 19.1. The van der Waals surface area contributed by atoms with Crippen LogP contribution in [0, 0.1) is 5.82 Å². The monoisotopic (exact) mass is 271 g/mol. The molecule has 2 aromatic carbocycles. The summed E-state index contributed by atoms with van der Waals surface area (Å²) in [5.41, 5.74) is 2.91. The molecular formula is C17H18FNO. The summed E-state index contributed by atoms with van der Waals surface area (Å²) in [5, 5.41) is 0. The summed E-state index contributed by atoms with van der Waals surface area (Å²) in [6.07, 6.45) is 0. The lowest BCUT2D eigenvalue weighted by Crippen LogP contribution is -2.10. The van der Waals surface area contributed by atoms with E-state index in [1.54, 1.807) is 6.07 Å². The van der Waals surface area contributed by atoms with Gasteiger partial charge in [0.1, 0.15) is 5.82 Å². The molecule has 0 bridgehead atoms. The van der Waals surface area contributed by atoms with Gasteiger partial charge in [-0.1, -0.05) is 18.2 Å². The van der Waals surface area contributed by atoms with Crippen molar-refractivity contribution in [3.05, 3.63) is 59.4 Å². The lowest BCUT2D eigenvalue weighted by molar-refractivity contribution is 0.101. The van der Waals surface area contributed by atoms with E-state index in [1.807, 2.05) is 38.4 Å². The normalized spacial score (nSPS) is 10.8. The van der Waals surface area contributed by atoms with Gasteiger partial charge in [-0.05, 0) is 56.4 Å². The van der Waals surface area contributed by atoms with Crippen LogP contribution in [0.15, 0.2) is 42.5 Å². The maximum absolute atomic E-state index is 14.0. The Morgan fingerprint density at radius 3 is 2.55 bits per heavy atom. The number of carbonyl (C=O) groups excluding carboxylic acids is 1. The molecule has 0 heterocycles. The Bertz CT molecular complexity index is 635. The number of Topliss-reactive ketones (excluding diaryl/α,β-unsaturated/α-hetero) is 1. The number of benzene rings is 2. The first-order valence-corrected chi connectivity index (χ1v) is 6.52. The summed E-state index contributed by atoms with van der Waals surface area (Å²) in [5.74, 6) is -0.368. The first kappa shape index (κ1) is 14.4. The van der Waals surface area contributed by atoms with Crippen molar-refractivity contribution in [1.29, 1.82) is 0 Å². The Balaban J connectivity index is 2.45. The number of halogens is 1. The first-order chi connectivity index (χ1) is 9.47. The minimum Gasteiger partial charge on any atom is -0.305 e. The molecule has 20 heavy (non-hydrogen) atoms. The summed E-state index contributed by atoms with van der Waals surface area (Å²) in [7, 11) is 3.98. The quantitative estimate of drug-likeness (QED) is 0.789. The maximum atomic E-state index is 14.0. The molecular weight excluding hydrogens is 253 g/mol. The predicted octanol–water partition coefficient (Wildman–Crippen LogP) is 3.76. The summed E-state index contributed by atoms with van der Waals surface area (Å²) in [4.78, 5) is 13.5. The minimum atomic E-state index is -0.308. The summed E-state index contributed by atoms with van der Waals surface area (Å²) in [6, 6.07) is 12.2. The molecule has 0 unspecified atom stereocenters. The molecule has 104 valence electrons. The molecule has 0 aliphatic heterocycles. The fraction of sp³-hybridized carbons (Fsp3) is 0.235. The second kappa shape index (κ2) is 5.97. The largest absolute Gasteiger partial charge is 0.305 e. The minimum absolute atomic E-state index is 0.0595. The van der Waals surface area contributed by atoms with Crippen molar-refractivity contribution in [1.82, 2.24) is 4.90 Å². The van der Waals surface area contributed by atoms with Gasteiger partial charge >= 0.3 is 0 Å². The lowest BCUT2D eigenvalue weighted by atomic mass is 9.99. The molecule has 0 spiro atoms. The maximum Gasteiger partial charge on any atom is 0.159 e. The van der Waals surface area contributed by atoms with Crippen molar-refractivity contribution >= 4 is 5.78 Å². The average molecular weight is 271 g/mol. The first-order valence-electron chi connectivity index (χ1n) is 6.52. The average Bonchev–Trinajstić information content (AvgIpc) is 2.38. The third-order valence-electron chi connectivity index (χ3n) is 3.11. The van der Waals surface area contributed by atoms with Gasteiger partial charge in [0.25, 0.3) is 0 Å². The van der Waals surface area contributed by atoms with E-state index in [0.29, 0.717) is 11.1 Å². The summed E-state index contributed by atoms with van der Waals surface area (Å²) in [6.45, 7) is 2.28. The highest BCUT2D eigenvalue weighted by Gasteiger charge is 2.09. The van der Waals surface area contributed by atoms with E-state index in [-0.39, 0.29) is 11.6 Å². The van der Waals surface area contributed by atoms with Crippen LogP contribution in [0.5, 0.6) is 0 Å². The summed E-state index contributed by atoms with van der Waals surface area (Å²) < 4.78 is 14.0. The van der Waals surface area contributed by atoms with E-state index < -0.39 is 0 Å². The van der Waals surface area contributed by atoms with Crippen LogP contribution in [-0.4, -0.2) is 24.8 Å². The molecule has 2 nitrogen and oxygen atoms in total. The fourth-order valence-electron chi connectivity index (χ4n) is 2.17. The Morgan fingerprint density at radius 1 is 1.15 bits per heavy atom. The zero-order valence-electron chi connectivity index (χ0n) is 12.0. The predicted molar refractivity (Wildman–Crippen MR) is 79.2 cm³/mol. The van der Waals surface area contributed by atoms with Crippen molar-refractivity contribution in [3.63, 3.8) is 0 Å². The van der Waals surface area contributed by atoms with Gasteiger partial charge in [-0.25, -0.2) is 4.39 Å². The van der Waals surface area contributed by atoms with Crippen LogP contribution in [0.25, 0.3) is 11.1 Å². The molecule has 0 fully saturated rings. The van der Waals surface area contributed by atoms with Gasteiger partial charge in [0.05, 0.1) is 0 Å². The molecule has 0 radical (unpaired) electrons. The van der Waals surface area contributed by atoms with Gasteiger partial charge in [-0.2, -0.15) is 0 Å². The zero-order chi connectivity index (χ0) is 14.7. The highest BCUT2D eigenvalue weighted by Crippen LogP contribution is 2.25. The highest BCUT2D eigenvalue weighted by molar-refractivity contribution is 5.95. The van der Waals surface area contributed by atoms with E-state index in [2.05, 4.69) is 4.90 Å². The van der Waals surface area contributed by atoms with Crippen LogP contribution in [0.4, 0.5) is 4.39 Å². The van der Waals surface area contributed by atoms with Gasteiger partial charge in [0, 0.05) is 17.7 Å². The van der Waals surface area contributed by atoms with E-state index in [4.69, 9.17) is 0 Å². The van der Waals surface area contributed by atoms with Crippen LogP contribution < -0.4 is 0 Å². The van der Waals surface area contributed by atoms with Gasteiger partial charge in [0.2, 0.25) is 0 Å². The number of nitrogens with zero attached hydrogens (tertiary/aromatic N) is 1. The molecule has 0 atom stereocenters. The van der Waals surface area contributed by atoms with Crippen LogP contribution >= 0.6 is 0 Å².